The highest BCUT2D eigenvalue weighted by Crippen LogP contribution is 2.38. The number of carbonyl (C=O) groups is 1. The third-order valence-electron chi connectivity index (χ3n) is 6.66. The van der Waals surface area contributed by atoms with Crippen LogP contribution in [0.25, 0.3) is 11.5 Å². The minimum Gasteiger partial charge on any atom is -0.376 e. The summed E-state index contributed by atoms with van der Waals surface area (Å²) in [4.78, 5) is 30.8. The summed E-state index contributed by atoms with van der Waals surface area (Å²) >= 11 is 0. The standard InChI is InChI=1S/C23H25N9O3/c1-24-19-11-17(26-15-4-3-7-31(23(15)34)18-5-8-30(2)29-18)28-21-14(12-25-32(19)21)22(33)27-16-10-13-6-9-35-20(13)16/h3-5,7-8,11-13,16,20,24H,6,9-10H2,1-2H3,(H,26,28)(H,27,33)/t13-,16?,20?/m1/s1. The summed E-state index contributed by atoms with van der Waals surface area (Å²) in [5.74, 6) is 1.81. The van der Waals surface area contributed by atoms with Gasteiger partial charge in [0, 0.05) is 45.2 Å². The molecule has 35 heavy (non-hydrogen) atoms. The summed E-state index contributed by atoms with van der Waals surface area (Å²) in [5.41, 5.74) is 0.773. The predicted molar refractivity (Wildman–Crippen MR) is 128 cm³/mol. The number of pyridine rings is 1. The zero-order valence-corrected chi connectivity index (χ0v) is 19.3. The Morgan fingerprint density at radius 1 is 1.26 bits per heavy atom. The van der Waals surface area contributed by atoms with E-state index in [0.29, 0.717) is 40.3 Å². The molecule has 0 aromatic carbocycles. The van der Waals surface area contributed by atoms with Crippen molar-refractivity contribution in [3.63, 3.8) is 0 Å². The number of carbonyl (C=O) groups excluding carboxylic acids is 1. The summed E-state index contributed by atoms with van der Waals surface area (Å²) in [6.07, 6.45) is 7.00. The van der Waals surface area contributed by atoms with Gasteiger partial charge in [-0.05, 0) is 30.9 Å². The van der Waals surface area contributed by atoms with Gasteiger partial charge in [-0.1, -0.05) is 0 Å². The van der Waals surface area contributed by atoms with Gasteiger partial charge < -0.3 is 20.7 Å². The van der Waals surface area contributed by atoms with E-state index in [1.165, 1.54) is 10.8 Å². The molecule has 0 radical (unpaired) electrons. The van der Waals surface area contributed by atoms with Gasteiger partial charge in [0.15, 0.2) is 11.5 Å². The number of rotatable bonds is 6. The SMILES string of the molecule is CNc1cc(Nc2cccn(-c3ccn(C)n3)c2=O)nc2c(C(=O)NC3C[C@H]4CCOC34)cnn12. The zero-order valence-electron chi connectivity index (χ0n) is 19.3. The van der Waals surface area contributed by atoms with Gasteiger partial charge in [-0.3, -0.25) is 18.8 Å². The van der Waals surface area contributed by atoms with E-state index in [0.717, 1.165) is 19.4 Å². The van der Waals surface area contributed by atoms with Crippen molar-refractivity contribution < 1.29 is 9.53 Å². The fourth-order valence-electron chi connectivity index (χ4n) is 4.81. The van der Waals surface area contributed by atoms with Crippen LogP contribution in [0, 0.1) is 5.92 Å². The molecule has 2 fully saturated rings. The maximum absolute atomic E-state index is 13.1. The molecule has 3 N–H and O–H groups in total. The Hall–Kier alpha value is -4.19. The molecule has 2 unspecified atom stereocenters. The smallest absolute Gasteiger partial charge is 0.280 e. The Morgan fingerprint density at radius 2 is 2.14 bits per heavy atom. The molecular formula is C23H25N9O3. The molecule has 4 aromatic heterocycles. The molecule has 1 saturated carbocycles. The highest BCUT2D eigenvalue weighted by atomic mass is 16.5. The van der Waals surface area contributed by atoms with Gasteiger partial charge in [-0.15, -0.1) is 0 Å². The van der Waals surface area contributed by atoms with E-state index in [2.05, 4.69) is 31.1 Å². The molecule has 180 valence electrons. The molecule has 0 bridgehead atoms. The van der Waals surface area contributed by atoms with Gasteiger partial charge in [0.2, 0.25) is 0 Å². The second kappa shape index (κ2) is 8.24. The fraction of sp³-hybridized carbons (Fsp3) is 0.348. The van der Waals surface area contributed by atoms with E-state index < -0.39 is 0 Å². The maximum atomic E-state index is 13.1. The number of anilines is 3. The molecule has 6 rings (SSSR count). The van der Waals surface area contributed by atoms with Crippen LogP contribution in [0.4, 0.5) is 17.3 Å². The van der Waals surface area contributed by atoms with Crippen molar-refractivity contribution in [1.29, 1.82) is 0 Å². The van der Waals surface area contributed by atoms with Crippen molar-refractivity contribution in [3.8, 4) is 5.82 Å². The number of nitrogens with zero attached hydrogens (tertiary/aromatic N) is 6. The van der Waals surface area contributed by atoms with E-state index >= 15 is 0 Å². The highest BCUT2D eigenvalue weighted by molar-refractivity contribution is 6.00. The average Bonchev–Trinajstić information content (AvgIpc) is 3.56. The lowest BCUT2D eigenvalue weighted by Gasteiger charge is -2.39. The van der Waals surface area contributed by atoms with Gasteiger partial charge in [0.25, 0.3) is 11.5 Å². The molecule has 5 heterocycles. The molecule has 1 aliphatic carbocycles. The Bertz CT molecular complexity index is 1490. The van der Waals surface area contributed by atoms with Gasteiger partial charge in [0.05, 0.1) is 18.3 Å². The molecule has 4 aromatic rings. The van der Waals surface area contributed by atoms with Crippen LogP contribution in [0.5, 0.6) is 0 Å². The van der Waals surface area contributed by atoms with Crippen LogP contribution in [0.2, 0.25) is 0 Å². The molecule has 3 atom stereocenters. The monoisotopic (exact) mass is 475 g/mol. The van der Waals surface area contributed by atoms with Gasteiger partial charge in [-0.2, -0.15) is 14.7 Å². The lowest BCUT2D eigenvalue weighted by Crippen LogP contribution is -2.54. The van der Waals surface area contributed by atoms with Crippen LogP contribution < -0.4 is 21.5 Å². The molecule has 1 saturated heterocycles. The van der Waals surface area contributed by atoms with Crippen LogP contribution in [0.3, 0.4) is 0 Å². The van der Waals surface area contributed by atoms with Gasteiger partial charge >= 0.3 is 0 Å². The third kappa shape index (κ3) is 3.62. The predicted octanol–water partition coefficient (Wildman–Crippen LogP) is 1.31. The van der Waals surface area contributed by atoms with Crippen molar-refractivity contribution in [2.75, 3.05) is 24.3 Å². The first-order valence-electron chi connectivity index (χ1n) is 11.5. The lowest BCUT2D eigenvalue weighted by atomic mass is 9.77. The molecule has 12 heteroatoms. The maximum Gasteiger partial charge on any atom is 0.280 e. The number of amides is 1. The number of hydrogen-bond acceptors (Lipinski definition) is 8. The first-order chi connectivity index (χ1) is 17.0. The average molecular weight is 476 g/mol. The Kier molecular flexibility index (Phi) is 5.02. The summed E-state index contributed by atoms with van der Waals surface area (Å²) in [5, 5.41) is 17.9. The highest BCUT2D eigenvalue weighted by Gasteiger charge is 2.46. The summed E-state index contributed by atoms with van der Waals surface area (Å²) < 4.78 is 10.4. The van der Waals surface area contributed by atoms with Crippen molar-refractivity contribution in [2.24, 2.45) is 13.0 Å². The summed E-state index contributed by atoms with van der Waals surface area (Å²) in [6.45, 7) is 0.752. The van der Waals surface area contributed by atoms with E-state index in [-0.39, 0.29) is 23.6 Å². The van der Waals surface area contributed by atoms with Crippen molar-refractivity contribution in [1.82, 2.24) is 34.3 Å². The van der Waals surface area contributed by atoms with Crippen LogP contribution in [0.15, 0.2) is 47.7 Å². The van der Waals surface area contributed by atoms with Gasteiger partial charge in [-0.25, -0.2) is 4.98 Å². The second-order valence-corrected chi connectivity index (χ2v) is 8.84. The van der Waals surface area contributed by atoms with E-state index in [1.807, 2.05) is 0 Å². The molecular weight excluding hydrogens is 450 g/mol. The van der Waals surface area contributed by atoms with Crippen LogP contribution in [-0.4, -0.2) is 60.7 Å². The molecule has 1 amide bonds. The van der Waals surface area contributed by atoms with Crippen LogP contribution >= 0.6 is 0 Å². The van der Waals surface area contributed by atoms with Crippen LogP contribution in [-0.2, 0) is 11.8 Å². The Morgan fingerprint density at radius 3 is 2.91 bits per heavy atom. The minimum absolute atomic E-state index is 0.00408. The lowest BCUT2D eigenvalue weighted by molar-refractivity contribution is -0.000551. The third-order valence-corrected chi connectivity index (χ3v) is 6.66. The summed E-state index contributed by atoms with van der Waals surface area (Å²) in [6, 6.07) is 6.91. The number of hydrogen-bond donors (Lipinski definition) is 3. The number of aryl methyl sites for hydroxylation is 1. The number of ether oxygens (including phenoxy) is 1. The fourth-order valence-corrected chi connectivity index (χ4v) is 4.81. The molecule has 1 aliphatic heterocycles. The largest absolute Gasteiger partial charge is 0.376 e. The first kappa shape index (κ1) is 21.4. The zero-order chi connectivity index (χ0) is 24.1. The number of nitrogens with one attached hydrogen (secondary N) is 3. The van der Waals surface area contributed by atoms with E-state index in [1.54, 1.807) is 60.0 Å². The molecule has 12 nitrogen and oxygen atoms in total. The molecule has 0 spiro atoms. The minimum atomic E-state index is -0.276. The normalized spacial score (nSPS) is 20.9. The van der Waals surface area contributed by atoms with Crippen molar-refractivity contribution in [3.05, 3.63) is 58.8 Å². The second-order valence-electron chi connectivity index (χ2n) is 8.84. The van der Waals surface area contributed by atoms with E-state index in [9.17, 15) is 9.59 Å². The van der Waals surface area contributed by atoms with Crippen molar-refractivity contribution >= 4 is 28.9 Å². The van der Waals surface area contributed by atoms with Crippen molar-refractivity contribution in [2.45, 2.75) is 25.0 Å². The van der Waals surface area contributed by atoms with Gasteiger partial charge in [0.1, 0.15) is 22.9 Å². The molecule has 2 aliphatic rings. The summed E-state index contributed by atoms with van der Waals surface area (Å²) in [7, 11) is 3.54. The quantitative estimate of drug-likeness (QED) is 0.380. The number of aromatic nitrogens is 6. The topological polar surface area (TPSA) is 132 Å². The Labute approximate surface area is 199 Å². The number of fused-ring (bicyclic) bond motifs is 2. The van der Waals surface area contributed by atoms with Crippen LogP contribution in [0.1, 0.15) is 23.2 Å². The van der Waals surface area contributed by atoms with E-state index in [4.69, 9.17) is 4.74 Å². The first-order valence-corrected chi connectivity index (χ1v) is 11.5. The Balaban J connectivity index is 1.31.